The van der Waals surface area contributed by atoms with Crippen molar-refractivity contribution in [3.63, 3.8) is 0 Å². The number of hydrogen-bond donors (Lipinski definition) is 0. The molecule has 0 bridgehead atoms. The minimum atomic E-state index is 0.0387. The second-order valence-corrected chi connectivity index (χ2v) is 6.56. The Bertz CT molecular complexity index is 1060. The first-order chi connectivity index (χ1) is 12.6. The van der Waals surface area contributed by atoms with Crippen molar-refractivity contribution in [1.29, 1.82) is 0 Å². The molecule has 0 atom stereocenters. The van der Waals surface area contributed by atoms with E-state index in [4.69, 9.17) is 4.42 Å². The summed E-state index contributed by atoms with van der Waals surface area (Å²) in [6.45, 7) is 4.23. The molecule has 2 aromatic heterocycles. The second kappa shape index (κ2) is 6.59. The van der Waals surface area contributed by atoms with E-state index < -0.39 is 0 Å². The van der Waals surface area contributed by atoms with E-state index in [1.807, 2.05) is 79.1 Å². The number of hydrogen-bond acceptors (Lipinski definition) is 4. The van der Waals surface area contributed by atoms with Crippen molar-refractivity contribution in [1.82, 2.24) is 14.8 Å². The molecular formula is C21H19N3O2. The standard InChI is InChI=1S/C21H19N3O2/c1-14(2)20-22-23-21(26-20)18-12-16-10-6-7-11-17(16)24(18)13-19(25)15-8-4-3-5-9-15/h3-12,14H,13H2,1-2H3. The normalized spacial score (nSPS) is 11.3. The van der Waals surface area contributed by atoms with Gasteiger partial charge in [0.05, 0.1) is 6.54 Å². The van der Waals surface area contributed by atoms with Crippen LogP contribution in [0.15, 0.2) is 65.1 Å². The third-order valence-corrected chi connectivity index (χ3v) is 4.36. The van der Waals surface area contributed by atoms with Gasteiger partial charge in [-0.25, -0.2) is 0 Å². The van der Waals surface area contributed by atoms with Crippen molar-refractivity contribution in [2.75, 3.05) is 0 Å². The van der Waals surface area contributed by atoms with Gasteiger partial charge in [0.25, 0.3) is 5.89 Å². The lowest BCUT2D eigenvalue weighted by atomic mass is 10.1. The second-order valence-electron chi connectivity index (χ2n) is 6.56. The van der Waals surface area contributed by atoms with Crippen LogP contribution < -0.4 is 0 Å². The molecule has 0 fully saturated rings. The quantitative estimate of drug-likeness (QED) is 0.492. The van der Waals surface area contributed by atoms with Crippen LogP contribution in [0.3, 0.4) is 0 Å². The molecule has 130 valence electrons. The maximum Gasteiger partial charge on any atom is 0.264 e. The van der Waals surface area contributed by atoms with Crippen LogP contribution in [0.1, 0.15) is 36.0 Å². The van der Waals surface area contributed by atoms with Gasteiger partial charge in [0.1, 0.15) is 5.69 Å². The molecule has 0 unspecified atom stereocenters. The van der Waals surface area contributed by atoms with E-state index in [2.05, 4.69) is 10.2 Å². The number of carbonyl (C=O) groups excluding carboxylic acids is 1. The SMILES string of the molecule is CC(C)c1nnc(-c2cc3ccccc3n2CC(=O)c2ccccc2)o1. The van der Waals surface area contributed by atoms with Crippen LogP contribution in [0.4, 0.5) is 0 Å². The van der Waals surface area contributed by atoms with Crippen LogP contribution in [0, 0.1) is 0 Å². The van der Waals surface area contributed by atoms with Gasteiger partial charge in [-0.15, -0.1) is 10.2 Å². The summed E-state index contributed by atoms with van der Waals surface area (Å²) in [5.41, 5.74) is 2.41. The summed E-state index contributed by atoms with van der Waals surface area (Å²) in [6, 6.07) is 19.2. The Morgan fingerprint density at radius 2 is 1.77 bits per heavy atom. The Balaban J connectivity index is 1.80. The van der Waals surface area contributed by atoms with Crippen LogP contribution in [0.5, 0.6) is 0 Å². The zero-order valence-corrected chi connectivity index (χ0v) is 14.7. The van der Waals surface area contributed by atoms with E-state index in [1.165, 1.54) is 0 Å². The molecule has 0 amide bonds. The minimum Gasteiger partial charge on any atom is -0.419 e. The number of fused-ring (bicyclic) bond motifs is 1. The molecule has 0 aliphatic heterocycles. The largest absolute Gasteiger partial charge is 0.419 e. The monoisotopic (exact) mass is 345 g/mol. The summed E-state index contributed by atoms with van der Waals surface area (Å²) >= 11 is 0. The first kappa shape index (κ1) is 16.3. The van der Waals surface area contributed by atoms with Gasteiger partial charge >= 0.3 is 0 Å². The van der Waals surface area contributed by atoms with Crippen molar-refractivity contribution >= 4 is 16.7 Å². The Morgan fingerprint density at radius 3 is 2.50 bits per heavy atom. The lowest BCUT2D eigenvalue weighted by molar-refractivity contribution is 0.0974. The summed E-state index contributed by atoms with van der Waals surface area (Å²) in [7, 11) is 0. The average Bonchev–Trinajstić information content (AvgIpc) is 3.28. The number of ketones is 1. The van der Waals surface area contributed by atoms with Gasteiger partial charge in [-0.2, -0.15) is 0 Å². The summed E-state index contributed by atoms with van der Waals surface area (Å²) in [5.74, 6) is 1.22. The lowest BCUT2D eigenvalue weighted by Crippen LogP contribution is -2.11. The Hall–Kier alpha value is -3.21. The van der Waals surface area contributed by atoms with Crippen molar-refractivity contribution in [3.05, 3.63) is 72.1 Å². The smallest absolute Gasteiger partial charge is 0.264 e. The first-order valence-corrected chi connectivity index (χ1v) is 8.64. The predicted molar refractivity (Wildman–Crippen MR) is 100 cm³/mol. The van der Waals surface area contributed by atoms with Gasteiger partial charge in [0.2, 0.25) is 5.89 Å². The number of carbonyl (C=O) groups is 1. The van der Waals surface area contributed by atoms with Crippen molar-refractivity contribution in [2.24, 2.45) is 0 Å². The number of rotatable bonds is 5. The van der Waals surface area contributed by atoms with E-state index in [0.717, 1.165) is 16.6 Å². The highest BCUT2D eigenvalue weighted by Gasteiger charge is 2.19. The van der Waals surface area contributed by atoms with E-state index in [1.54, 1.807) is 0 Å². The van der Waals surface area contributed by atoms with Crippen molar-refractivity contribution in [3.8, 4) is 11.6 Å². The van der Waals surface area contributed by atoms with Crippen molar-refractivity contribution < 1.29 is 9.21 Å². The van der Waals surface area contributed by atoms with Crippen LogP contribution in [-0.4, -0.2) is 20.5 Å². The fourth-order valence-corrected chi connectivity index (χ4v) is 2.99. The molecule has 5 heteroatoms. The van der Waals surface area contributed by atoms with E-state index >= 15 is 0 Å². The number of Topliss-reactive ketones (excluding diaryl/α,β-unsaturated/α-hetero) is 1. The highest BCUT2D eigenvalue weighted by Crippen LogP contribution is 2.29. The summed E-state index contributed by atoms with van der Waals surface area (Å²) in [4.78, 5) is 12.8. The molecule has 5 nitrogen and oxygen atoms in total. The Morgan fingerprint density at radius 1 is 1.04 bits per heavy atom. The van der Waals surface area contributed by atoms with E-state index in [-0.39, 0.29) is 18.2 Å². The zero-order valence-electron chi connectivity index (χ0n) is 14.7. The molecule has 0 saturated heterocycles. The Kier molecular flexibility index (Phi) is 4.13. The number of benzene rings is 2. The third-order valence-electron chi connectivity index (χ3n) is 4.36. The molecule has 4 rings (SSSR count). The number of nitrogens with zero attached hydrogens (tertiary/aromatic N) is 3. The fraction of sp³-hybridized carbons (Fsp3) is 0.190. The predicted octanol–water partition coefficient (Wildman–Crippen LogP) is 4.70. The first-order valence-electron chi connectivity index (χ1n) is 8.64. The van der Waals surface area contributed by atoms with Crippen LogP contribution in [0.2, 0.25) is 0 Å². The summed E-state index contributed by atoms with van der Waals surface area (Å²) in [6.07, 6.45) is 0. The molecule has 2 aromatic carbocycles. The Labute approximate surface area is 151 Å². The molecule has 0 aliphatic rings. The van der Waals surface area contributed by atoms with Crippen LogP contribution >= 0.6 is 0 Å². The zero-order chi connectivity index (χ0) is 18.1. The fourth-order valence-electron chi connectivity index (χ4n) is 2.99. The highest BCUT2D eigenvalue weighted by atomic mass is 16.4. The maximum atomic E-state index is 12.8. The molecule has 0 radical (unpaired) electrons. The molecule has 0 N–H and O–H groups in total. The molecule has 2 heterocycles. The average molecular weight is 345 g/mol. The molecule has 4 aromatic rings. The van der Waals surface area contributed by atoms with Gasteiger partial charge in [-0.3, -0.25) is 4.79 Å². The van der Waals surface area contributed by atoms with Gasteiger partial charge in [0, 0.05) is 22.4 Å². The number of aromatic nitrogens is 3. The van der Waals surface area contributed by atoms with Gasteiger partial charge in [0.15, 0.2) is 5.78 Å². The van der Waals surface area contributed by atoms with Gasteiger partial charge < -0.3 is 8.98 Å². The van der Waals surface area contributed by atoms with Gasteiger partial charge in [-0.05, 0) is 12.1 Å². The maximum absolute atomic E-state index is 12.8. The number of para-hydroxylation sites is 1. The van der Waals surface area contributed by atoms with E-state index in [9.17, 15) is 4.79 Å². The third kappa shape index (κ3) is 2.92. The summed E-state index contributed by atoms with van der Waals surface area (Å²) in [5, 5.41) is 9.36. The molecule has 0 aliphatic carbocycles. The summed E-state index contributed by atoms with van der Waals surface area (Å²) < 4.78 is 7.78. The molecule has 0 spiro atoms. The van der Waals surface area contributed by atoms with Crippen molar-refractivity contribution in [2.45, 2.75) is 26.3 Å². The van der Waals surface area contributed by atoms with E-state index in [0.29, 0.717) is 17.3 Å². The topological polar surface area (TPSA) is 60.9 Å². The highest BCUT2D eigenvalue weighted by molar-refractivity contribution is 5.97. The minimum absolute atomic E-state index is 0.0387. The molecule has 0 saturated carbocycles. The van der Waals surface area contributed by atoms with Gasteiger partial charge in [-0.1, -0.05) is 62.4 Å². The molecular weight excluding hydrogens is 326 g/mol. The molecule has 26 heavy (non-hydrogen) atoms. The van der Waals surface area contributed by atoms with Crippen LogP contribution in [0.25, 0.3) is 22.5 Å². The lowest BCUT2D eigenvalue weighted by Gasteiger charge is -2.08. The van der Waals surface area contributed by atoms with Crippen LogP contribution in [-0.2, 0) is 6.54 Å².